The van der Waals surface area contributed by atoms with Crippen LogP contribution in [0.3, 0.4) is 0 Å². The average molecular weight is 215 g/mol. The van der Waals surface area contributed by atoms with E-state index in [2.05, 4.69) is 42.5 Å². The Bertz CT molecular complexity index is 486. The molecule has 1 N–H and O–H groups in total. The normalized spacial score (nSPS) is 10.4. The molecule has 0 fully saturated rings. The zero-order valence-electron chi connectivity index (χ0n) is 9.99. The zero-order valence-corrected chi connectivity index (χ0v) is 9.99. The molecule has 1 aromatic heterocycles. The Morgan fingerprint density at radius 2 is 2.12 bits per heavy atom. The maximum absolute atomic E-state index is 4.12. The molecule has 0 saturated heterocycles. The van der Waals surface area contributed by atoms with Gasteiger partial charge >= 0.3 is 0 Å². The first-order valence-electron chi connectivity index (χ1n) is 5.44. The fraction of sp³-hybridized carbons (Fsp3) is 0.308. The molecule has 2 aromatic rings. The number of rotatable bonds is 3. The molecule has 0 spiro atoms. The highest BCUT2D eigenvalue weighted by atomic mass is 15.3. The van der Waals surface area contributed by atoms with E-state index in [1.54, 1.807) is 4.68 Å². The molecule has 0 amide bonds. The Morgan fingerprint density at radius 3 is 2.81 bits per heavy atom. The summed E-state index contributed by atoms with van der Waals surface area (Å²) in [4.78, 5) is 0. The lowest BCUT2D eigenvalue weighted by atomic mass is 10.0. The Kier molecular flexibility index (Phi) is 2.95. The summed E-state index contributed by atoms with van der Waals surface area (Å²) in [5, 5.41) is 7.49. The van der Waals surface area contributed by atoms with E-state index in [0.717, 1.165) is 12.2 Å². The molecule has 0 bridgehead atoms. The quantitative estimate of drug-likeness (QED) is 0.853. The molecule has 84 valence electrons. The van der Waals surface area contributed by atoms with Crippen molar-refractivity contribution in [3.8, 4) is 0 Å². The van der Waals surface area contributed by atoms with Crippen LogP contribution in [-0.2, 0) is 13.6 Å². The van der Waals surface area contributed by atoms with Crippen molar-refractivity contribution < 1.29 is 0 Å². The van der Waals surface area contributed by atoms with Gasteiger partial charge in [0, 0.05) is 19.8 Å². The van der Waals surface area contributed by atoms with Gasteiger partial charge in [-0.25, -0.2) is 0 Å². The third-order valence-corrected chi connectivity index (χ3v) is 2.90. The van der Waals surface area contributed by atoms with E-state index < -0.39 is 0 Å². The second kappa shape index (κ2) is 4.39. The zero-order chi connectivity index (χ0) is 11.5. The highest BCUT2D eigenvalue weighted by Gasteiger charge is 2.01. The number of nitrogens with zero attached hydrogens (tertiary/aromatic N) is 2. The van der Waals surface area contributed by atoms with Crippen molar-refractivity contribution in [3.05, 3.63) is 47.3 Å². The third-order valence-electron chi connectivity index (χ3n) is 2.90. The number of nitrogens with one attached hydrogen (secondary N) is 1. The van der Waals surface area contributed by atoms with Crippen molar-refractivity contribution in [2.45, 2.75) is 20.4 Å². The van der Waals surface area contributed by atoms with Gasteiger partial charge in [0.05, 0.1) is 11.9 Å². The SMILES string of the molecule is Cc1cccc(CNc2cnn(C)c2)c1C. The second-order valence-corrected chi connectivity index (χ2v) is 4.12. The summed E-state index contributed by atoms with van der Waals surface area (Å²) in [6, 6.07) is 6.40. The van der Waals surface area contributed by atoms with Crippen LogP contribution in [0.15, 0.2) is 30.6 Å². The minimum Gasteiger partial charge on any atom is -0.378 e. The summed E-state index contributed by atoms with van der Waals surface area (Å²) >= 11 is 0. The summed E-state index contributed by atoms with van der Waals surface area (Å²) in [7, 11) is 1.92. The van der Waals surface area contributed by atoms with Crippen molar-refractivity contribution in [1.29, 1.82) is 0 Å². The van der Waals surface area contributed by atoms with Crippen LogP contribution in [0, 0.1) is 13.8 Å². The van der Waals surface area contributed by atoms with E-state index in [1.165, 1.54) is 16.7 Å². The fourth-order valence-corrected chi connectivity index (χ4v) is 1.71. The number of aryl methyl sites for hydroxylation is 2. The summed E-state index contributed by atoms with van der Waals surface area (Å²) in [5.74, 6) is 0. The van der Waals surface area contributed by atoms with Gasteiger partial charge < -0.3 is 5.32 Å². The molecule has 0 radical (unpaired) electrons. The molecule has 0 saturated carbocycles. The lowest BCUT2D eigenvalue weighted by Crippen LogP contribution is -2.01. The molecule has 1 aromatic carbocycles. The van der Waals surface area contributed by atoms with Gasteiger partial charge in [0.25, 0.3) is 0 Å². The Hall–Kier alpha value is -1.77. The Morgan fingerprint density at radius 1 is 1.31 bits per heavy atom. The van der Waals surface area contributed by atoms with E-state index in [4.69, 9.17) is 0 Å². The summed E-state index contributed by atoms with van der Waals surface area (Å²) < 4.78 is 1.80. The summed E-state index contributed by atoms with van der Waals surface area (Å²) in [6.45, 7) is 5.15. The molecule has 3 nitrogen and oxygen atoms in total. The molecule has 3 heteroatoms. The lowest BCUT2D eigenvalue weighted by molar-refractivity contribution is 0.768. The van der Waals surface area contributed by atoms with E-state index in [-0.39, 0.29) is 0 Å². The number of hydrogen-bond donors (Lipinski definition) is 1. The number of aromatic nitrogens is 2. The van der Waals surface area contributed by atoms with Crippen LogP contribution in [0.2, 0.25) is 0 Å². The van der Waals surface area contributed by atoms with Crippen molar-refractivity contribution in [2.24, 2.45) is 7.05 Å². The van der Waals surface area contributed by atoms with Gasteiger partial charge in [0.15, 0.2) is 0 Å². The van der Waals surface area contributed by atoms with Crippen molar-refractivity contribution in [1.82, 2.24) is 9.78 Å². The van der Waals surface area contributed by atoms with Crippen LogP contribution in [0.1, 0.15) is 16.7 Å². The monoisotopic (exact) mass is 215 g/mol. The van der Waals surface area contributed by atoms with Crippen LogP contribution in [-0.4, -0.2) is 9.78 Å². The second-order valence-electron chi connectivity index (χ2n) is 4.12. The van der Waals surface area contributed by atoms with Crippen LogP contribution in [0.5, 0.6) is 0 Å². The first-order valence-corrected chi connectivity index (χ1v) is 5.44. The van der Waals surface area contributed by atoms with Crippen molar-refractivity contribution >= 4 is 5.69 Å². The van der Waals surface area contributed by atoms with Crippen LogP contribution in [0.4, 0.5) is 5.69 Å². The van der Waals surface area contributed by atoms with E-state index in [1.807, 2.05) is 19.4 Å². The first kappa shape index (κ1) is 10.7. The molecule has 0 unspecified atom stereocenters. The Labute approximate surface area is 96.1 Å². The molecule has 1 heterocycles. The molecular weight excluding hydrogens is 198 g/mol. The van der Waals surface area contributed by atoms with Gasteiger partial charge in [-0.05, 0) is 30.5 Å². The number of hydrogen-bond acceptors (Lipinski definition) is 2. The van der Waals surface area contributed by atoms with Gasteiger partial charge in [-0.3, -0.25) is 4.68 Å². The van der Waals surface area contributed by atoms with E-state index in [0.29, 0.717) is 0 Å². The topological polar surface area (TPSA) is 29.9 Å². The predicted molar refractivity (Wildman–Crippen MR) is 66.5 cm³/mol. The van der Waals surface area contributed by atoms with Crippen molar-refractivity contribution in [2.75, 3.05) is 5.32 Å². The minimum absolute atomic E-state index is 0.846. The standard InChI is InChI=1S/C13H17N3/c1-10-5-4-6-12(11(10)2)7-14-13-8-15-16(3)9-13/h4-6,8-9,14H,7H2,1-3H3. The number of anilines is 1. The highest BCUT2D eigenvalue weighted by molar-refractivity contribution is 5.41. The van der Waals surface area contributed by atoms with Gasteiger partial charge in [0.1, 0.15) is 0 Å². The van der Waals surface area contributed by atoms with Crippen LogP contribution in [0.25, 0.3) is 0 Å². The first-order chi connectivity index (χ1) is 7.66. The summed E-state index contributed by atoms with van der Waals surface area (Å²) in [5.41, 5.74) is 5.09. The molecule has 0 aliphatic rings. The minimum atomic E-state index is 0.846. The van der Waals surface area contributed by atoms with Crippen LogP contribution < -0.4 is 5.32 Å². The highest BCUT2D eigenvalue weighted by Crippen LogP contribution is 2.14. The molecule has 0 aliphatic carbocycles. The average Bonchev–Trinajstić information content (AvgIpc) is 2.67. The lowest BCUT2D eigenvalue weighted by Gasteiger charge is -2.09. The molecular formula is C13H17N3. The van der Waals surface area contributed by atoms with Gasteiger partial charge in [-0.15, -0.1) is 0 Å². The van der Waals surface area contributed by atoms with Gasteiger partial charge in [0.2, 0.25) is 0 Å². The smallest absolute Gasteiger partial charge is 0.0729 e. The van der Waals surface area contributed by atoms with E-state index in [9.17, 15) is 0 Å². The third kappa shape index (κ3) is 2.24. The van der Waals surface area contributed by atoms with Gasteiger partial charge in [-0.1, -0.05) is 18.2 Å². The predicted octanol–water partition coefficient (Wildman–Crippen LogP) is 2.65. The largest absolute Gasteiger partial charge is 0.378 e. The maximum Gasteiger partial charge on any atom is 0.0729 e. The van der Waals surface area contributed by atoms with E-state index >= 15 is 0 Å². The van der Waals surface area contributed by atoms with Crippen LogP contribution >= 0.6 is 0 Å². The Balaban J connectivity index is 2.07. The molecule has 16 heavy (non-hydrogen) atoms. The van der Waals surface area contributed by atoms with Gasteiger partial charge in [-0.2, -0.15) is 5.10 Å². The molecule has 0 atom stereocenters. The summed E-state index contributed by atoms with van der Waals surface area (Å²) in [6.07, 6.45) is 3.82. The molecule has 2 rings (SSSR count). The maximum atomic E-state index is 4.12. The molecule has 0 aliphatic heterocycles. The van der Waals surface area contributed by atoms with Crippen molar-refractivity contribution in [3.63, 3.8) is 0 Å². The number of benzene rings is 1. The fourth-order valence-electron chi connectivity index (χ4n) is 1.71.